The van der Waals surface area contributed by atoms with E-state index in [-0.39, 0.29) is 18.4 Å². The average Bonchev–Trinajstić information content (AvgIpc) is 2.60. The molecule has 2 amide bonds. The molecule has 2 aromatic carbocycles. The molecule has 25 heavy (non-hydrogen) atoms. The smallest absolute Gasteiger partial charge is 0.260 e. The van der Waals surface area contributed by atoms with Crippen molar-refractivity contribution >= 4 is 43.7 Å². The van der Waals surface area contributed by atoms with E-state index in [1.165, 1.54) is 0 Å². The summed E-state index contributed by atoms with van der Waals surface area (Å²) < 4.78 is 7.27. The molecule has 1 N–H and O–H groups in total. The molecule has 0 aliphatic rings. The van der Waals surface area contributed by atoms with E-state index in [0.717, 1.165) is 14.5 Å². The Morgan fingerprint density at radius 1 is 1.12 bits per heavy atom. The van der Waals surface area contributed by atoms with Crippen molar-refractivity contribution in [2.24, 2.45) is 0 Å². The van der Waals surface area contributed by atoms with Gasteiger partial charge >= 0.3 is 0 Å². The number of halogens is 2. The molecule has 0 unspecified atom stereocenters. The number of carbonyl (C=O) groups is 2. The quantitative estimate of drug-likeness (QED) is 0.703. The van der Waals surface area contributed by atoms with Crippen LogP contribution in [0.2, 0.25) is 0 Å². The van der Waals surface area contributed by atoms with Crippen molar-refractivity contribution in [3.8, 4) is 5.75 Å². The second-order valence-electron chi connectivity index (χ2n) is 5.39. The lowest BCUT2D eigenvalue weighted by Crippen LogP contribution is -2.31. The Balaban J connectivity index is 1.90. The first-order chi connectivity index (χ1) is 11.9. The van der Waals surface area contributed by atoms with Gasteiger partial charge < -0.3 is 15.0 Å². The van der Waals surface area contributed by atoms with Gasteiger partial charge in [-0.05, 0) is 51.8 Å². The SMILES string of the molecule is CNC(=O)c1ccc(CN(C)C(=O)COc2ccc(Br)cc2Br)cc1. The van der Waals surface area contributed by atoms with Crippen LogP contribution in [0.25, 0.3) is 0 Å². The highest BCUT2D eigenvalue weighted by Crippen LogP contribution is 2.28. The number of benzene rings is 2. The number of amides is 2. The fraction of sp³-hybridized carbons (Fsp3) is 0.222. The van der Waals surface area contributed by atoms with Gasteiger partial charge in [0.2, 0.25) is 0 Å². The molecule has 0 radical (unpaired) electrons. The van der Waals surface area contributed by atoms with E-state index in [1.807, 2.05) is 24.3 Å². The van der Waals surface area contributed by atoms with Gasteiger partial charge in [-0.15, -0.1) is 0 Å². The number of carbonyl (C=O) groups excluding carboxylic acids is 2. The van der Waals surface area contributed by atoms with Crippen molar-refractivity contribution in [1.29, 1.82) is 0 Å². The largest absolute Gasteiger partial charge is 0.483 e. The van der Waals surface area contributed by atoms with Gasteiger partial charge in [-0.1, -0.05) is 28.1 Å². The summed E-state index contributed by atoms with van der Waals surface area (Å²) in [6.07, 6.45) is 0. The molecule has 0 saturated carbocycles. The number of nitrogens with one attached hydrogen (secondary N) is 1. The van der Waals surface area contributed by atoms with E-state index >= 15 is 0 Å². The molecule has 0 spiro atoms. The molecular formula is C18H18Br2N2O3. The van der Waals surface area contributed by atoms with Crippen LogP contribution < -0.4 is 10.1 Å². The molecule has 0 bridgehead atoms. The molecule has 0 aliphatic carbocycles. The zero-order valence-corrected chi connectivity index (χ0v) is 17.1. The van der Waals surface area contributed by atoms with Crippen molar-refractivity contribution < 1.29 is 14.3 Å². The molecule has 2 rings (SSSR count). The molecule has 0 atom stereocenters. The van der Waals surface area contributed by atoms with E-state index in [9.17, 15) is 9.59 Å². The zero-order chi connectivity index (χ0) is 18.4. The van der Waals surface area contributed by atoms with Crippen molar-refractivity contribution in [2.75, 3.05) is 20.7 Å². The average molecular weight is 470 g/mol. The highest BCUT2D eigenvalue weighted by molar-refractivity contribution is 9.11. The van der Waals surface area contributed by atoms with Crippen LogP contribution >= 0.6 is 31.9 Å². The zero-order valence-electron chi connectivity index (χ0n) is 13.9. The van der Waals surface area contributed by atoms with Gasteiger partial charge in [0.25, 0.3) is 11.8 Å². The van der Waals surface area contributed by atoms with Gasteiger partial charge in [0.1, 0.15) is 5.75 Å². The monoisotopic (exact) mass is 468 g/mol. The van der Waals surface area contributed by atoms with Crippen LogP contribution in [0.1, 0.15) is 15.9 Å². The highest BCUT2D eigenvalue weighted by atomic mass is 79.9. The van der Waals surface area contributed by atoms with Crippen LogP contribution in [0.4, 0.5) is 0 Å². The van der Waals surface area contributed by atoms with Gasteiger partial charge in [0.15, 0.2) is 6.61 Å². The van der Waals surface area contributed by atoms with Crippen LogP contribution in [0.3, 0.4) is 0 Å². The van der Waals surface area contributed by atoms with Gasteiger partial charge in [0.05, 0.1) is 4.47 Å². The maximum atomic E-state index is 12.2. The molecule has 0 aromatic heterocycles. The predicted octanol–water partition coefficient (Wildman–Crippen LogP) is 3.61. The number of hydrogen-bond acceptors (Lipinski definition) is 3. The van der Waals surface area contributed by atoms with Crippen LogP contribution in [0.15, 0.2) is 51.4 Å². The van der Waals surface area contributed by atoms with Crippen LogP contribution in [-0.2, 0) is 11.3 Å². The van der Waals surface area contributed by atoms with Crippen LogP contribution in [0, 0.1) is 0 Å². The second kappa shape index (κ2) is 9.01. The van der Waals surface area contributed by atoms with E-state index in [4.69, 9.17) is 4.74 Å². The second-order valence-corrected chi connectivity index (χ2v) is 7.16. The molecule has 0 saturated heterocycles. The highest BCUT2D eigenvalue weighted by Gasteiger charge is 2.12. The molecule has 2 aromatic rings. The summed E-state index contributed by atoms with van der Waals surface area (Å²) in [5, 5.41) is 2.57. The maximum Gasteiger partial charge on any atom is 0.260 e. The number of hydrogen-bond donors (Lipinski definition) is 1. The minimum absolute atomic E-state index is 0.0486. The van der Waals surface area contributed by atoms with Gasteiger partial charge in [-0.25, -0.2) is 0 Å². The Morgan fingerprint density at radius 2 is 1.80 bits per heavy atom. The fourth-order valence-corrected chi connectivity index (χ4v) is 3.27. The molecular weight excluding hydrogens is 452 g/mol. The van der Waals surface area contributed by atoms with Gasteiger partial charge in [-0.2, -0.15) is 0 Å². The van der Waals surface area contributed by atoms with Gasteiger partial charge in [0, 0.05) is 30.7 Å². The normalized spacial score (nSPS) is 10.2. The predicted molar refractivity (Wildman–Crippen MR) is 104 cm³/mol. The number of nitrogens with zero attached hydrogens (tertiary/aromatic N) is 1. The topological polar surface area (TPSA) is 58.6 Å². The maximum absolute atomic E-state index is 12.2. The number of ether oxygens (including phenoxy) is 1. The van der Waals surface area contributed by atoms with E-state index in [1.54, 1.807) is 37.2 Å². The number of likely N-dealkylation sites (N-methyl/N-ethyl adjacent to an activating group) is 1. The Labute approximate surface area is 163 Å². The third-order valence-electron chi connectivity index (χ3n) is 3.53. The number of rotatable bonds is 6. The summed E-state index contributed by atoms with van der Waals surface area (Å²) in [4.78, 5) is 25.3. The summed E-state index contributed by atoms with van der Waals surface area (Å²) in [7, 11) is 3.31. The lowest BCUT2D eigenvalue weighted by molar-refractivity contribution is -0.132. The van der Waals surface area contributed by atoms with E-state index in [0.29, 0.717) is 17.9 Å². The fourth-order valence-electron chi connectivity index (χ4n) is 2.11. The van der Waals surface area contributed by atoms with E-state index < -0.39 is 0 Å². The first-order valence-corrected chi connectivity index (χ1v) is 9.12. The molecule has 0 fully saturated rings. The Bertz CT molecular complexity index is 763. The lowest BCUT2D eigenvalue weighted by atomic mass is 10.1. The summed E-state index contributed by atoms with van der Waals surface area (Å²) >= 11 is 6.77. The third kappa shape index (κ3) is 5.57. The Kier molecular flexibility index (Phi) is 7.01. The van der Waals surface area contributed by atoms with E-state index in [2.05, 4.69) is 37.2 Å². The van der Waals surface area contributed by atoms with Gasteiger partial charge in [-0.3, -0.25) is 9.59 Å². The Morgan fingerprint density at radius 3 is 2.40 bits per heavy atom. The van der Waals surface area contributed by atoms with Crippen molar-refractivity contribution in [3.05, 3.63) is 62.5 Å². The molecule has 7 heteroatoms. The van der Waals surface area contributed by atoms with Crippen molar-refractivity contribution in [1.82, 2.24) is 10.2 Å². The van der Waals surface area contributed by atoms with Crippen LogP contribution in [-0.4, -0.2) is 37.4 Å². The molecule has 0 aliphatic heterocycles. The summed E-state index contributed by atoms with van der Waals surface area (Å²) in [5.41, 5.74) is 1.52. The summed E-state index contributed by atoms with van der Waals surface area (Å²) in [6.45, 7) is 0.394. The minimum Gasteiger partial charge on any atom is -0.483 e. The van der Waals surface area contributed by atoms with Crippen molar-refractivity contribution in [2.45, 2.75) is 6.54 Å². The first-order valence-electron chi connectivity index (χ1n) is 7.53. The molecule has 132 valence electrons. The lowest BCUT2D eigenvalue weighted by Gasteiger charge is -2.18. The minimum atomic E-state index is -0.135. The Hall–Kier alpha value is -1.86. The third-order valence-corrected chi connectivity index (χ3v) is 4.65. The summed E-state index contributed by atoms with van der Waals surface area (Å²) in [6, 6.07) is 12.6. The van der Waals surface area contributed by atoms with Crippen molar-refractivity contribution in [3.63, 3.8) is 0 Å². The van der Waals surface area contributed by atoms with Crippen LogP contribution in [0.5, 0.6) is 5.75 Å². The molecule has 5 nitrogen and oxygen atoms in total. The molecule has 0 heterocycles. The standard InChI is InChI=1S/C18H18Br2N2O3/c1-21-18(24)13-5-3-12(4-6-13)10-22(2)17(23)11-25-16-8-7-14(19)9-15(16)20/h3-9H,10-11H2,1-2H3,(H,21,24). The summed E-state index contributed by atoms with van der Waals surface area (Å²) in [5.74, 6) is 0.342. The first kappa shape index (κ1) is 19.5.